The Balaban J connectivity index is 1.71. The third-order valence-electron chi connectivity index (χ3n) is 3.38. The molecule has 100 valence electrons. The maximum absolute atomic E-state index is 11.9. The molecular weight excluding hydrogens is 233 g/mol. The molecule has 0 bridgehead atoms. The summed E-state index contributed by atoms with van der Waals surface area (Å²) in [6.07, 6.45) is -0.996. The number of nitrogens with zero attached hydrogens (tertiary/aromatic N) is 1. The number of ether oxygens (including phenoxy) is 1. The molecule has 6 heteroatoms. The fraction of sp³-hybridized carbons (Fsp3) is 1.00. The Hall–Kier alpha value is -0.330. The number of hydrogen-bond donors (Lipinski definition) is 1. The molecule has 3 nitrogen and oxygen atoms in total. The van der Waals surface area contributed by atoms with Gasteiger partial charge in [-0.05, 0) is 38.3 Å². The monoisotopic (exact) mass is 252 g/mol. The van der Waals surface area contributed by atoms with Crippen molar-refractivity contribution in [2.75, 3.05) is 32.8 Å². The van der Waals surface area contributed by atoms with E-state index in [-0.39, 0.29) is 6.61 Å². The zero-order chi connectivity index (χ0) is 12.3. The molecule has 1 unspecified atom stereocenters. The summed E-state index contributed by atoms with van der Waals surface area (Å²) in [6.45, 7) is 2.78. The molecule has 17 heavy (non-hydrogen) atoms. The van der Waals surface area contributed by atoms with E-state index < -0.39 is 6.36 Å². The van der Waals surface area contributed by atoms with E-state index in [9.17, 15) is 13.2 Å². The Bertz CT molecular complexity index is 243. The molecule has 2 fully saturated rings. The molecule has 1 saturated heterocycles. The molecule has 1 saturated carbocycles. The molecule has 0 amide bonds. The number of rotatable bonds is 4. The summed E-state index contributed by atoms with van der Waals surface area (Å²) in [7, 11) is 0. The molecule has 0 radical (unpaired) electrons. The average molecular weight is 252 g/mol. The molecule has 0 aromatic rings. The molecule has 1 aliphatic carbocycles. The van der Waals surface area contributed by atoms with Crippen molar-refractivity contribution < 1.29 is 17.9 Å². The van der Waals surface area contributed by atoms with Gasteiger partial charge in [0.15, 0.2) is 0 Å². The van der Waals surface area contributed by atoms with Crippen LogP contribution in [0.2, 0.25) is 0 Å². The molecular formula is C11H19F3N2O. The van der Waals surface area contributed by atoms with E-state index in [2.05, 4.69) is 15.0 Å². The van der Waals surface area contributed by atoms with Crippen molar-refractivity contribution in [3.63, 3.8) is 0 Å². The lowest BCUT2D eigenvalue weighted by Gasteiger charge is -2.24. The Labute approximate surface area is 99.3 Å². The molecule has 1 heterocycles. The summed E-state index contributed by atoms with van der Waals surface area (Å²) in [4.78, 5) is 2.08. The average Bonchev–Trinajstić information content (AvgIpc) is 3.02. The van der Waals surface area contributed by atoms with Crippen molar-refractivity contribution in [2.24, 2.45) is 5.92 Å². The van der Waals surface area contributed by atoms with Crippen LogP contribution in [0, 0.1) is 5.92 Å². The van der Waals surface area contributed by atoms with Gasteiger partial charge in [-0.15, -0.1) is 13.2 Å². The van der Waals surface area contributed by atoms with Crippen molar-refractivity contribution in [2.45, 2.75) is 31.7 Å². The molecule has 2 rings (SSSR count). The lowest BCUT2D eigenvalue weighted by atomic mass is 10.2. The van der Waals surface area contributed by atoms with Gasteiger partial charge in [-0.25, -0.2) is 0 Å². The third kappa shape index (κ3) is 4.81. The smallest absolute Gasteiger partial charge is 0.312 e. The lowest BCUT2D eigenvalue weighted by Crippen LogP contribution is -2.40. The van der Waals surface area contributed by atoms with Gasteiger partial charge in [-0.2, -0.15) is 0 Å². The van der Waals surface area contributed by atoms with Gasteiger partial charge in [0, 0.05) is 19.1 Å². The number of hydrogen-bond acceptors (Lipinski definition) is 3. The molecule has 1 aliphatic heterocycles. The Morgan fingerprint density at radius 3 is 2.71 bits per heavy atom. The van der Waals surface area contributed by atoms with E-state index in [4.69, 9.17) is 0 Å². The molecule has 2 aliphatic rings. The first-order valence-corrected chi connectivity index (χ1v) is 6.21. The zero-order valence-electron chi connectivity index (χ0n) is 9.80. The van der Waals surface area contributed by atoms with Gasteiger partial charge in [0.2, 0.25) is 0 Å². The van der Waals surface area contributed by atoms with Crippen molar-refractivity contribution in [1.82, 2.24) is 10.2 Å². The number of halogens is 3. The summed E-state index contributed by atoms with van der Waals surface area (Å²) in [5, 5.41) is 3.48. The normalized spacial score (nSPS) is 28.1. The summed E-state index contributed by atoms with van der Waals surface area (Å²) >= 11 is 0. The lowest BCUT2D eigenvalue weighted by molar-refractivity contribution is -0.325. The maximum Gasteiger partial charge on any atom is 0.522 e. The van der Waals surface area contributed by atoms with E-state index in [0.29, 0.717) is 12.6 Å². The number of nitrogens with one attached hydrogen (secondary N) is 1. The highest BCUT2D eigenvalue weighted by molar-refractivity contribution is 4.89. The predicted molar refractivity (Wildman–Crippen MR) is 57.6 cm³/mol. The molecule has 0 aromatic heterocycles. The summed E-state index contributed by atoms with van der Waals surface area (Å²) in [5.41, 5.74) is 0. The van der Waals surface area contributed by atoms with Crippen LogP contribution in [0.5, 0.6) is 0 Å². The topological polar surface area (TPSA) is 24.5 Å². The van der Waals surface area contributed by atoms with Crippen LogP contribution in [0.25, 0.3) is 0 Å². The van der Waals surface area contributed by atoms with Crippen LogP contribution in [0.15, 0.2) is 0 Å². The van der Waals surface area contributed by atoms with E-state index in [1.165, 1.54) is 12.8 Å². The third-order valence-corrected chi connectivity index (χ3v) is 3.38. The highest BCUT2D eigenvalue weighted by Gasteiger charge is 2.33. The molecule has 1 N–H and O–H groups in total. The van der Waals surface area contributed by atoms with Crippen LogP contribution in [0.1, 0.15) is 19.3 Å². The van der Waals surface area contributed by atoms with Crippen LogP contribution < -0.4 is 5.32 Å². The largest absolute Gasteiger partial charge is 0.522 e. The second-order valence-corrected chi connectivity index (χ2v) is 4.85. The number of alkyl halides is 3. The van der Waals surface area contributed by atoms with Crippen LogP contribution in [0.4, 0.5) is 13.2 Å². The second kappa shape index (κ2) is 5.54. The van der Waals surface area contributed by atoms with E-state index in [1.54, 1.807) is 0 Å². The fourth-order valence-corrected chi connectivity index (χ4v) is 2.33. The maximum atomic E-state index is 11.9. The van der Waals surface area contributed by atoms with E-state index in [0.717, 1.165) is 32.0 Å². The van der Waals surface area contributed by atoms with Crippen LogP contribution >= 0.6 is 0 Å². The zero-order valence-corrected chi connectivity index (χ0v) is 9.80. The minimum absolute atomic E-state index is 0.263. The minimum Gasteiger partial charge on any atom is -0.312 e. The SMILES string of the molecule is FC(F)(F)OCCN1CCCNC(C2CC2)C1. The van der Waals surface area contributed by atoms with Crippen molar-refractivity contribution in [1.29, 1.82) is 0 Å². The first-order valence-electron chi connectivity index (χ1n) is 6.21. The van der Waals surface area contributed by atoms with Crippen molar-refractivity contribution >= 4 is 0 Å². The van der Waals surface area contributed by atoms with Crippen molar-refractivity contribution in [3.05, 3.63) is 0 Å². The highest BCUT2D eigenvalue weighted by Crippen LogP contribution is 2.33. The molecule has 0 spiro atoms. The van der Waals surface area contributed by atoms with Crippen LogP contribution in [0.3, 0.4) is 0 Å². The standard InChI is InChI=1S/C11H19F3N2O/c12-11(13,14)17-7-6-16-5-1-4-15-10(8-16)9-2-3-9/h9-10,15H,1-8H2. The van der Waals surface area contributed by atoms with Gasteiger partial charge in [0.05, 0.1) is 6.61 Å². The van der Waals surface area contributed by atoms with Gasteiger partial charge in [-0.1, -0.05) is 0 Å². The van der Waals surface area contributed by atoms with Gasteiger partial charge >= 0.3 is 6.36 Å². The fourth-order valence-electron chi connectivity index (χ4n) is 2.33. The Kier molecular flexibility index (Phi) is 4.27. The van der Waals surface area contributed by atoms with Crippen LogP contribution in [-0.2, 0) is 4.74 Å². The van der Waals surface area contributed by atoms with E-state index in [1.807, 2.05) is 0 Å². The van der Waals surface area contributed by atoms with Crippen LogP contribution in [-0.4, -0.2) is 50.1 Å². The molecule has 1 atom stereocenters. The first-order chi connectivity index (χ1) is 8.04. The van der Waals surface area contributed by atoms with Gasteiger partial charge < -0.3 is 5.32 Å². The molecule has 0 aromatic carbocycles. The van der Waals surface area contributed by atoms with Gasteiger partial charge in [0.25, 0.3) is 0 Å². The van der Waals surface area contributed by atoms with Gasteiger partial charge in [-0.3, -0.25) is 9.64 Å². The quantitative estimate of drug-likeness (QED) is 0.822. The first kappa shape index (κ1) is 13.1. The van der Waals surface area contributed by atoms with E-state index >= 15 is 0 Å². The Morgan fingerprint density at radius 2 is 2.06 bits per heavy atom. The predicted octanol–water partition coefficient (Wildman–Crippen LogP) is 1.60. The Morgan fingerprint density at radius 1 is 1.29 bits per heavy atom. The van der Waals surface area contributed by atoms with Crippen molar-refractivity contribution in [3.8, 4) is 0 Å². The summed E-state index contributed by atoms with van der Waals surface area (Å²) in [5.74, 6) is 0.735. The van der Waals surface area contributed by atoms with Gasteiger partial charge in [0.1, 0.15) is 0 Å². The summed E-state index contributed by atoms with van der Waals surface area (Å²) < 4.78 is 39.4. The summed E-state index contributed by atoms with van der Waals surface area (Å²) in [6, 6.07) is 0.461. The minimum atomic E-state index is -4.50. The second-order valence-electron chi connectivity index (χ2n) is 4.85. The highest BCUT2D eigenvalue weighted by atomic mass is 19.4.